The molecule has 0 saturated carbocycles. The molecular weight excluding hydrogens is 494 g/mol. The molecule has 3 amide bonds. The van der Waals surface area contributed by atoms with E-state index in [1.165, 1.54) is 4.90 Å². The average molecular weight is 528 g/mol. The summed E-state index contributed by atoms with van der Waals surface area (Å²) in [4.78, 5) is 47.2. The second-order valence-corrected chi connectivity index (χ2v) is 11.5. The largest absolute Gasteiger partial charge is 0.394 e. The van der Waals surface area contributed by atoms with Gasteiger partial charge in [0.25, 0.3) is 5.91 Å². The Labute approximate surface area is 222 Å². The van der Waals surface area contributed by atoms with E-state index in [-0.39, 0.29) is 36.8 Å². The van der Waals surface area contributed by atoms with Crippen LogP contribution in [0.4, 0.5) is 5.69 Å². The van der Waals surface area contributed by atoms with Crippen molar-refractivity contribution in [1.29, 1.82) is 0 Å². The summed E-state index contributed by atoms with van der Waals surface area (Å²) in [5.41, 5.74) is -1.90. The fourth-order valence-corrected chi connectivity index (χ4v) is 6.92. The molecule has 5 rings (SSSR count). The zero-order valence-corrected chi connectivity index (χ0v) is 22.4. The second kappa shape index (κ2) is 9.26. The Morgan fingerprint density at radius 3 is 2.43 bits per heavy atom. The maximum absolute atomic E-state index is 14.5. The van der Waals surface area contributed by atoms with E-state index in [1.807, 2.05) is 39.0 Å². The van der Waals surface area contributed by atoms with Crippen LogP contribution in [-0.4, -0.2) is 82.7 Å². The highest BCUT2D eigenvalue weighted by Crippen LogP contribution is 2.58. The summed E-state index contributed by atoms with van der Waals surface area (Å²) in [7, 11) is 1.71. The van der Waals surface area contributed by atoms with E-state index in [2.05, 4.69) is 0 Å². The Morgan fingerprint density at radius 2 is 1.76 bits per heavy atom. The van der Waals surface area contributed by atoms with Gasteiger partial charge < -0.3 is 24.5 Å². The van der Waals surface area contributed by atoms with Crippen LogP contribution in [0.25, 0.3) is 0 Å². The number of carbonyl (C=O) groups excluding carboxylic acids is 3. The predicted octanol–water partition coefficient (Wildman–Crippen LogP) is 2.65. The number of anilines is 1. The molecule has 0 bridgehead atoms. The first kappa shape index (κ1) is 25.9. The van der Waals surface area contributed by atoms with Gasteiger partial charge in [-0.2, -0.15) is 0 Å². The van der Waals surface area contributed by atoms with E-state index >= 15 is 0 Å². The third-order valence-electron chi connectivity index (χ3n) is 8.19. The van der Waals surface area contributed by atoms with Gasteiger partial charge in [-0.25, -0.2) is 0 Å². The van der Waals surface area contributed by atoms with Crippen LogP contribution in [0.5, 0.6) is 0 Å². The standard InChI is InChI=1S/C28H34ClN3O5/c1-17(2)15-18(16-33)32-23-26(36)31(20-10-6-5-9-19(20)29)14-8-12-28(23)22(25(32)35)21-24(34)30(4)13-7-11-27(21,3)37-28/h5-12,17-18,21-23,33H,13-16H2,1-4H3/t18-,21-,22+,23?,27+,28+/m1/s1. The van der Waals surface area contributed by atoms with E-state index < -0.39 is 35.1 Å². The minimum atomic E-state index is -1.37. The molecule has 1 aromatic carbocycles. The maximum atomic E-state index is 14.5. The van der Waals surface area contributed by atoms with Crippen LogP contribution in [0.15, 0.2) is 48.6 Å². The molecule has 0 aliphatic carbocycles. The number of para-hydroxylation sites is 1. The number of likely N-dealkylation sites (tertiary alicyclic amines) is 1. The molecule has 37 heavy (non-hydrogen) atoms. The molecule has 2 saturated heterocycles. The third-order valence-corrected chi connectivity index (χ3v) is 8.51. The molecule has 1 unspecified atom stereocenters. The van der Waals surface area contributed by atoms with E-state index in [0.29, 0.717) is 23.7 Å². The number of hydrogen-bond acceptors (Lipinski definition) is 5. The summed E-state index contributed by atoms with van der Waals surface area (Å²) in [6.45, 7) is 6.18. The second-order valence-electron chi connectivity index (χ2n) is 11.1. The summed E-state index contributed by atoms with van der Waals surface area (Å²) in [5.74, 6) is -2.43. The van der Waals surface area contributed by atoms with Gasteiger partial charge in [0.1, 0.15) is 11.6 Å². The van der Waals surface area contributed by atoms with Crippen LogP contribution in [0, 0.1) is 17.8 Å². The lowest BCUT2D eigenvalue weighted by atomic mass is 9.74. The van der Waals surface area contributed by atoms with E-state index in [4.69, 9.17) is 16.3 Å². The lowest BCUT2D eigenvalue weighted by Gasteiger charge is -2.40. The Bertz CT molecular complexity index is 1180. The fraction of sp³-hybridized carbons (Fsp3) is 0.536. The number of halogens is 1. The van der Waals surface area contributed by atoms with Crippen LogP contribution in [0.3, 0.4) is 0 Å². The zero-order chi connectivity index (χ0) is 26.7. The molecule has 0 radical (unpaired) electrons. The number of hydrogen-bond donors (Lipinski definition) is 1. The summed E-state index contributed by atoms with van der Waals surface area (Å²) in [6.07, 6.45) is 7.86. The van der Waals surface area contributed by atoms with Crippen molar-refractivity contribution in [2.75, 3.05) is 31.6 Å². The van der Waals surface area contributed by atoms with E-state index in [0.717, 1.165) is 0 Å². The predicted molar refractivity (Wildman–Crippen MR) is 140 cm³/mol. The number of likely N-dealkylation sites (N-methyl/N-ethyl adjacent to an activating group) is 1. The molecule has 9 heteroatoms. The number of aliphatic hydroxyl groups excluding tert-OH is 1. The lowest BCUT2D eigenvalue weighted by molar-refractivity contribution is -0.151. The summed E-state index contributed by atoms with van der Waals surface area (Å²) in [6, 6.07) is 5.41. The van der Waals surface area contributed by atoms with Gasteiger partial charge in [0.05, 0.1) is 40.8 Å². The molecule has 4 aliphatic heterocycles. The molecule has 1 N–H and O–H groups in total. The molecule has 1 aromatic rings. The van der Waals surface area contributed by atoms with Crippen molar-refractivity contribution < 1.29 is 24.2 Å². The smallest absolute Gasteiger partial charge is 0.253 e. The minimum absolute atomic E-state index is 0.164. The number of rotatable bonds is 5. The zero-order valence-electron chi connectivity index (χ0n) is 21.6. The monoisotopic (exact) mass is 527 g/mol. The molecule has 0 aromatic heterocycles. The van der Waals surface area contributed by atoms with Crippen molar-refractivity contribution in [3.05, 3.63) is 53.6 Å². The van der Waals surface area contributed by atoms with Crippen molar-refractivity contribution >= 4 is 35.0 Å². The summed E-state index contributed by atoms with van der Waals surface area (Å²) >= 11 is 6.50. The van der Waals surface area contributed by atoms with Crippen molar-refractivity contribution in [1.82, 2.24) is 9.80 Å². The number of fused-ring (bicyclic) bond motifs is 2. The molecule has 1 spiro atoms. The highest BCUT2D eigenvalue weighted by Gasteiger charge is 2.75. The van der Waals surface area contributed by atoms with E-state index in [1.54, 1.807) is 47.2 Å². The number of amides is 3. The molecule has 4 heterocycles. The Hall–Kier alpha value is -2.68. The lowest BCUT2D eigenvalue weighted by Crippen LogP contribution is -2.59. The molecule has 4 aliphatic rings. The minimum Gasteiger partial charge on any atom is -0.394 e. The van der Waals surface area contributed by atoms with Crippen LogP contribution in [0.1, 0.15) is 27.2 Å². The Morgan fingerprint density at radius 1 is 1.05 bits per heavy atom. The Balaban J connectivity index is 1.70. The van der Waals surface area contributed by atoms with Gasteiger partial charge in [-0.05, 0) is 31.4 Å². The van der Waals surface area contributed by atoms with E-state index in [9.17, 15) is 19.5 Å². The number of benzene rings is 1. The van der Waals surface area contributed by atoms with Gasteiger partial charge >= 0.3 is 0 Å². The molecule has 8 nitrogen and oxygen atoms in total. The number of aliphatic hydroxyl groups is 1. The molecule has 6 atom stereocenters. The van der Waals surface area contributed by atoms with Gasteiger partial charge in [0.15, 0.2) is 0 Å². The van der Waals surface area contributed by atoms with Gasteiger partial charge in [0.2, 0.25) is 11.8 Å². The van der Waals surface area contributed by atoms with Crippen LogP contribution < -0.4 is 4.90 Å². The average Bonchev–Trinajstić information content (AvgIpc) is 3.13. The van der Waals surface area contributed by atoms with Gasteiger partial charge in [-0.15, -0.1) is 0 Å². The van der Waals surface area contributed by atoms with Crippen LogP contribution >= 0.6 is 11.6 Å². The molecule has 198 valence electrons. The third kappa shape index (κ3) is 3.83. The van der Waals surface area contributed by atoms with Crippen molar-refractivity contribution in [3.63, 3.8) is 0 Å². The number of nitrogens with zero attached hydrogens (tertiary/aromatic N) is 3. The highest BCUT2D eigenvalue weighted by molar-refractivity contribution is 6.34. The van der Waals surface area contributed by atoms with Gasteiger partial charge in [0, 0.05) is 20.1 Å². The Kier molecular flexibility index (Phi) is 6.49. The summed E-state index contributed by atoms with van der Waals surface area (Å²) < 4.78 is 6.79. The van der Waals surface area contributed by atoms with Crippen molar-refractivity contribution in [2.45, 2.75) is 50.5 Å². The normalized spacial score (nSPS) is 34.0. The van der Waals surface area contributed by atoms with Gasteiger partial charge in [-0.3, -0.25) is 14.4 Å². The molecule has 2 fully saturated rings. The first-order valence-electron chi connectivity index (χ1n) is 12.8. The quantitative estimate of drug-likeness (QED) is 0.595. The fourth-order valence-electron chi connectivity index (χ4n) is 6.68. The number of carbonyl (C=O) groups is 3. The topological polar surface area (TPSA) is 90.4 Å². The van der Waals surface area contributed by atoms with Gasteiger partial charge in [-0.1, -0.05) is 61.9 Å². The SMILES string of the molecule is CC(C)C[C@H](CO)N1C(=O)[C@@H]2[C@@H]3C(=O)N(C)CC=C[C@]3(C)O[C@@]23C=CCN(c2ccccc2Cl)C(=O)C13. The van der Waals surface area contributed by atoms with Crippen LogP contribution in [-0.2, 0) is 19.1 Å². The first-order valence-corrected chi connectivity index (χ1v) is 13.2. The summed E-state index contributed by atoms with van der Waals surface area (Å²) in [5, 5.41) is 10.8. The van der Waals surface area contributed by atoms with Crippen molar-refractivity contribution in [2.24, 2.45) is 17.8 Å². The maximum Gasteiger partial charge on any atom is 0.253 e. The highest BCUT2D eigenvalue weighted by atomic mass is 35.5. The van der Waals surface area contributed by atoms with Crippen molar-refractivity contribution in [3.8, 4) is 0 Å². The van der Waals surface area contributed by atoms with Crippen LogP contribution in [0.2, 0.25) is 5.02 Å². The first-order chi connectivity index (χ1) is 17.6. The molecular formula is C28H34ClN3O5. The number of ether oxygens (including phenoxy) is 1.